The van der Waals surface area contributed by atoms with Crippen molar-refractivity contribution in [2.45, 2.75) is 25.7 Å². The van der Waals surface area contributed by atoms with Gasteiger partial charge >= 0.3 is 6.03 Å². The Labute approximate surface area is 181 Å². The van der Waals surface area contributed by atoms with E-state index < -0.39 is 6.03 Å². The maximum Gasteiger partial charge on any atom is 0.323 e. The van der Waals surface area contributed by atoms with E-state index in [0.717, 1.165) is 43.5 Å². The van der Waals surface area contributed by atoms with Gasteiger partial charge in [0.2, 0.25) is 11.7 Å². The normalized spacial score (nSPS) is 15.0. The summed E-state index contributed by atoms with van der Waals surface area (Å²) >= 11 is 0. The predicted octanol–water partition coefficient (Wildman–Crippen LogP) is 4.05. The quantitative estimate of drug-likeness (QED) is 0.729. The summed E-state index contributed by atoms with van der Waals surface area (Å²) in [5.41, 5.74) is 3.21. The van der Waals surface area contributed by atoms with Crippen molar-refractivity contribution in [1.82, 2.24) is 0 Å². The van der Waals surface area contributed by atoms with Gasteiger partial charge in [-0.05, 0) is 49.4 Å². The Morgan fingerprint density at radius 3 is 2.23 bits per heavy atom. The summed E-state index contributed by atoms with van der Waals surface area (Å²) < 4.78 is 16.0. The first-order chi connectivity index (χ1) is 15.0. The number of urea groups is 1. The summed E-state index contributed by atoms with van der Waals surface area (Å²) in [5, 5.41) is 5.65. The van der Waals surface area contributed by atoms with Gasteiger partial charge in [0.15, 0.2) is 11.5 Å². The van der Waals surface area contributed by atoms with Crippen LogP contribution in [0.4, 0.5) is 21.9 Å². The fourth-order valence-electron chi connectivity index (χ4n) is 3.90. The average Bonchev–Trinajstić information content (AvgIpc) is 3.62. The molecule has 1 aliphatic heterocycles. The van der Waals surface area contributed by atoms with Gasteiger partial charge in [-0.1, -0.05) is 0 Å². The first-order valence-electron chi connectivity index (χ1n) is 10.4. The van der Waals surface area contributed by atoms with Gasteiger partial charge in [0.1, 0.15) is 0 Å². The molecule has 2 aromatic carbocycles. The number of carbonyl (C=O) groups excluding carboxylic acids is 2. The molecule has 2 aliphatic rings. The molecule has 3 amide bonds. The Balaban J connectivity index is 1.47. The second kappa shape index (κ2) is 8.75. The molecule has 0 unspecified atom stereocenters. The summed E-state index contributed by atoms with van der Waals surface area (Å²) in [6.07, 6.45) is 3.79. The molecule has 2 aromatic rings. The molecule has 0 aromatic heterocycles. The van der Waals surface area contributed by atoms with Crippen molar-refractivity contribution in [1.29, 1.82) is 0 Å². The number of fused-ring (bicyclic) bond motifs is 1. The van der Waals surface area contributed by atoms with Crippen molar-refractivity contribution >= 4 is 29.0 Å². The van der Waals surface area contributed by atoms with Crippen LogP contribution in [-0.2, 0) is 11.2 Å². The minimum absolute atomic E-state index is 0.188. The number of benzene rings is 2. The monoisotopic (exact) mass is 425 g/mol. The van der Waals surface area contributed by atoms with Crippen LogP contribution < -0.4 is 29.7 Å². The van der Waals surface area contributed by atoms with Crippen LogP contribution in [0.2, 0.25) is 0 Å². The SMILES string of the molecule is COc1cc(NC(=O)Nc2ccc3c(c2)CCCN3C(=O)C2CC2)cc(OC)c1OC. The Morgan fingerprint density at radius 1 is 0.935 bits per heavy atom. The third kappa shape index (κ3) is 4.38. The van der Waals surface area contributed by atoms with E-state index >= 15 is 0 Å². The number of nitrogens with zero attached hydrogens (tertiary/aromatic N) is 1. The van der Waals surface area contributed by atoms with Crippen molar-refractivity contribution < 1.29 is 23.8 Å². The molecule has 0 radical (unpaired) electrons. The molecule has 1 heterocycles. The predicted molar refractivity (Wildman–Crippen MR) is 119 cm³/mol. The number of rotatable bonds is 6. The molecule has 1 aliphatic carbocycles. The summed E-state index contributed by atoms with van der Waals surface area (Å²) in [7, 11) is 4.56. The zero-order chi connectivity index (χ0) is 22.0. The molecular formula is C23H27N3O5. The zero-order valence-corrected chi connectivity index (χ0v) is 18.0. The third-order valence-corrected chi connectivity index (χ3v) is 5.57. The van der Waals surface area contributed by atoms with Gasteiger partial charge < -0.3 is 29.7 Å². The fourth-order valence-corrected chi connectivity index (χ4v) is 3.90. The first kappa shape index (κ1) is 20.8. The molecule has 0 spiro atoms. The maximum atomic E-state index is 12.6. The van der Waals surface area contributed by atoms with E-state index in [2.05, 4.69) is 10.6 Å². The molecule has 2 N–H and O–H groups in total. The highest BCUT2D eigenvalue weighted by atomic mass is 16.5. The van der Waals surface area contributed by atoms with E-state index in [9.17, 15) is 9.59 Å². The molecular weight excluding hydrogens is 398 g/mol. The number of ether oxygens (including phenoxy) is 3. The maximum absolute atomic E-state index is 12.6. The summed E-state index contributed by atoms with van der Waals surface area (Å²) in [6.45, 7) is 0.761. The van der Waals surface area contributed by atoms with E-state index in [1.807, 2.05) is 23.1 Å². The van der Waals surface area contributed by atoms with E-state index in [-0.39, 0.29) is 11.8 Å². The van der Waals surface area contributed by atoms with E-state index in [0.29, 0.717) is 28.6 Å². The summed E-state index contributed by atoms with van der Waals surface area (Å²) in [4.78, 5) is 27.0. The van der Waals surface area contributed by atoms with Crippen LogP contribution in [0.5, 0.6) is 17.2 Å². The van der Waals surface area contributed by atoms with Gasteiger partial charge in [-0.2, -0.15) is 0 Å². The number of methoxy groups -OCH3 is 3. The number of aryl methyl sites for hydroxylation is 1. The molecule has 1 saturated carbocycles. The standard InChI is InChI=1S/C23H27N3O5/c1-29-19-12-17(13-20(30-2)21(19)31-3)25-23(28)24-16-8-9-18-15(11-16)5-4-10-26(18)22(27)14-6-7-14/h8-9,11-14H,4-7,10H2,1-3H3,(H2,24,25,28). The molecule has 31 heavy (non-hydrogen) atoms. The van der Waals surface area contributed by atoms with Crippen LogP contribution >= 0.6 is 0 Å². The van der Waals surface area contributed by atoms with E-state index in [1.165, 1.54) is 21.3 Å². The van der Waals surface area contributed by atoms with E-state index in [1.54, 1.807) is 12.1 Å². The number of amides is 3. The zero-order valence-electron chi connectivity index (χ0n) is 18.0. The highest BCUT2D eigenvalue weighted by Gasteiger charge is 2.35. The Morgan fingerprint density at radius 2 is 1.61 bits per heavy atom. The summed E-state index contributed by atoms with van der Waals surface area (Å²) in [5.74, 6) is 1.77. The smallest absolute Gasteiger partial charge is 0.323 e. The lowest BCUT2D eigenvalue weighted by atomic mass is 10.0. The molecule has 8 heteroatoms. The number of hydrogen-bond donors (Lipinski definition) is 2. The second-order valence-electron chi connectivity index (χ2n) is 7.70. The Bertz CT molecular complexity index is 978. The van der Waals surface area contributed by atoms with Gasteiger partial charge in [0, 0.05) is 36.0 Å². The van der Waals surface area contributed by atoms with Gasteiger partial charge in [-0.25, -0.2) is 4.79 Å². The average molecular weight is 425 g/mol. The van der Waals surface area contributed by atoms with E-state index in [4.69, 9.17) is 14.2 Å². The number of anilines is 3. The van der Waals surface area contributed by atoms with Gasteiger partial charge in [-0.3, -0.25) is 4.79 Å². The largest absolute Gasteiger partial charge is 0.493 e. The molecule has 4 rings (SSSR count). The van der Waals surface area contributed by atoms with Crippen LogP contribution in [0.25, 0.3) is 0 Å². The van der Waals surface area contributed by atoms with Crippen molar-refractivity contribution in [2.24, 2.45) is 5.92 Å². The van der Waals surface area contributed by atoms with Crippen LogP contribution in [0.3, 0.4) is 0 Å². The summed E-state index contributed by atoms with van der Waals surface area (Å²) in [6, 6.07) is 8.62. The van der Waals surface area contributed by atoms with Gasteiger partial charge in [0.05, 0.1) is 27.0 Å². The van der Waals surface area contributed by atoms with Crippen molar-refractivity contribution in [3.63, 3.8) is 0 Å². The minimum Gasteiger partial charge on any atom is -0.493 e. The highest BCUT2D eigenvalue weighted by molar-refractivity contribution is 6.01. The van der Waals surface area contributed by atoms with Gasteiger partial charge in [-0.15, -0.1) is 0 Å². The van der Waals surface area contributed by atoms with Crippen LogP contribution in [0.15, 0.2) is 30.3 Å². The number of hydrogen-bond acceptors (Lipinski definition) is 5. The molecule has 0 bridgehead atoms. The highest BCUT2D eigenvalue weighted by Crippen LogP contribution is 2.40. The lowest BCUT2D eigenvalue weighted by Gasteiger charge is -2.30. The second-order valence-corrected chi connectivity index (χ2v) is 7.70. The van der Waals surface area contributed by atoms with Crippen LogP contribution in [0, 0.1) is 5.92 Å². The lowest BCUT2D eigenvalue weighted by molar-refractivity contribution is -0.119. The molecule has 1 fully saturated rings. The number of carbonyl (C=O) groups is 2. The van der Waals surface area contributed by atoms with Crippen molar-refractivity contribution in [2.75, 3.05) is 43.4 Å². The fraction of sp³-hybridized carbons (Fsp3) is 0.391. The minimum atomic E-state index is -0.393. The van der Waals surface area contributed by atoms with Crippen molar-refractivity contribution in [3.05, 3.63) is 35.9 Å². The molecule has 164 valence electrons. The molecule has 8 nitrogen and oxygen atoms in total. The Hall–Kier alpha value is -3.42. The number of nitrogens with one attached hydrogen (secondary N) is 2. The third-order valence-electron chi connectivity index (χ3n) is 5.57. The lowest BCUT2D eigenvalue weighted by Crippen LogP contribution is -2.36. The molecule has 0 atom stereocenters. The van der Waals surface area contributed by atoms with Crippen LogP contribution in [0.1, 0.15) is 24.8 Å². The first-order valence-corrected chi connectivity index (χ1v) is 10.4. The Kier molecular flexibility index (Phi) is 5.88. The van der Waals surface area contributed by atoms with Crippen molar-refractivity contribution in [3.8, 4) is 17.2 Å². The van der Waals surface area contributed by atoms with Crippen LogP contribution in [-0.4, -0.2) is 39.8 Å². The van der Waals surface area contributed by atoms with Gasteiger partial charge in [0.25, 0.3) is 0 Å². The molecule has 0 saturated heterocycles. The topological polar surface area (TPSA) is 89.1 Å².